The zero-order valence-electron chi connectivity index (χ0n) is 38.5. The van der Waals surface area contributed by atoms with Crippen LogP contribution in [0.3, 0.4) is 0 Å². The van der Waals surface area contributed by atoms with Gasteiger partial charge in [-0.2, -0.15) is 0 Å². The van der Waals surface area contributed by atoms with Crippen LogP contribution in [0.2, 0.25) is 0 Å². The van der Waals surface area contributed by atoms with Gasteiger partial charge in [0.1, 0.15) is 11.2 Å². The maximum absolute atomic E-state index is 14.5. The van der Waals surface area contributed by atoms with Gasteiger partial charge in [0.15, 0.2) is 5.78 Å². The van der Waals surface area contributed by atoms with E-state index in [1.165, 1.54) is 70.6 Å². The summed E-state index contributed by atoms with van der Waals surface area (Å²) in [5.74, 6) is 10.9. The number of nitrogens with two attached hydrogens (primary N) is 1. The molecule has 2 saturated heterocycles. The van der Waals surface area contributed by atoms with Crippen LogP contribution in [-0.2, 0) is 14.3 Å². The number of ether oxygens (including phenoxy) is 1. The standard InChI is InChI=1S/C53H85N3O6/c1-62-48-31-40-15-19-49(60)52(25-20-36(28-50(52)61)11-16-42-29-41-14-18-44(58)33-46(41)56-53(42)23-6-3-7-24-53)26-21-37(45(40)34-47(48)59)13-17-43(57)30-38(39-22-27-55-51(54)32-39)12-10-35-8-4-2-5-9-35/h10,12,35-43,45-48,50-51,55-57,59,61H,2-9,11,13-20,22-25,27-34,54H2,1H3. The van der Waals surface area contributed by atoms with Gasteiger partial charge in [-0.05, 0) is 169 Å². The number of aliphatic hydroxyl groups is 3. The minimum Gasteiger partial charge on any atom is -0.393 e. The second kappa shape index (κ2) is 21.3. The van der Waals surface area contributed by atoms with Crippen LogP contribution in [-0.4, -0.2) is 82.7 Å². The van der Waals surface area contributed by atoms with Crippen LogP contribution in [0.25, 0.3) is 0 Å². The van der Waals surface area contributed by atoms with Crippen molar-refractivity contribution in [3.05, 3.63) is 12.2 Å². The van der Waals surface area contributed by atoms with Gasteiger partial charge in [-0.3, -0.25) is 9.59 Å². The summed E-state index contributed by atoms with van der Waals surface area (Å²) >= 11 is 0. The van der Waals surface area contributed by atoms with E-state index in [4.69, 9.17) is 10.5 Å². The van der Waals surface area contributed by atoms with E-state index >= 15 is 0 Å². The lowest BCUT2D eigenvalue weighted by Crippen LogP contribution is -2.63. The van der Waals surface area contributed by atoms with Crippen molar-refractivity contribution in [1.82, 2.24) is 10.6 Å². The van der Waals surface area contributed by atoms with E-state index in [9.17, 15) is 24.9 Å². The lowest BCUT2D eigenvalue weighted by molar-refractivity contribution is -0.135. The third kappa shape index (κ3) is 11.0. The number of Topliss-reactive ketones (excluding diaryl/α,β-unsaturated/α-hetero) is 2. The summed E-state index contributed by atoms with van der Waals surface area (Å²) in [6.45, 7) is 0.915. The number of ketones is 2. The van der Waals surface area contributed by atoms with E-state index in [0.717, 1.165) is 51.5 Å². The molecule has 62 heavy (non-hydrogen) atoms. The molecule has 7 N–H and O–H groups in total. The fraction of sp³-hybridized carbons (Fsp3) is 0.887. The number of fused-ring (bicyclic) bond motifs is 2. The van der Waals surface area contributed by atoms with Crippen LogP contribution in [0.15, 0.2) is 12.2 Å². The Labute approximate surface area is 374 Å². The van der Waals surface area contributed by atoms with Gasteiger partial charge in [0.05, 0.1) is 30.6 Å². The van der Waals surface area contributed by atoms with Crippen LogP contribution < -0.4 is 16.4 Å². The first kappa shape index (κ1) is 46.9. The molecule has 0 aromatic heterocycles. The third-order valence-corrected chi connectivity index (χ3v) is 18.7. The van der Waals surface area contributed by atoms with Crippen molar-refractivity contribution in [2.24, 2.45) is 64.4 Å². The summed E-state index contributed by atoms with van der Waals surface area (Å²) in [6, 6.07) is 0.346. The van der Waals surface area contributed by atoms with Crippen LogP contribution in [0.4, 0.5) is 0 Å². The van der Waals surface area contributed by atoms with Crippen molar-refractivity contribution in [3.8, 4) is 11.8 Å². The maximum Gasteiger partial charge on any atom is 0.153 e. The molecular weight excluding hydrogens is 775 g/mol. The number of carbonyl (C=O) groups excluding carboxylic acids is 2. The molecule has 8 aliphatic rings. The second-order valence-corrected chi connectivity index (χ2v) is 22.5. The van der Waals surface area contributed by atoms with E-state index < -0.39 is 23.7 Å². The molecule has 0 aromatic carbocycles. The molecule has 2 heterocycles. The number of rotatable bonds is 12. The number of aliphatic hydroxyl groups excluding tert-OH is 3. The molecule has 2 aliphatic heterocycles. The van der Waals surface area contributed by atoms with Gasteiger partial charge in [0, 0.05) is 43.9 Å². The van der Waals surface area contributed by atoms with E-state index in [-0.39, 0.29) is 47.3 Å². The molecule has 7 fully saturated rings. The topological polar surface area (TPSA) is 154 Å². The van der Waals surface area contributed by atoms with Gasteiger partial charge < -0.3 is 36.4 Å². The number of allylic oxidation sites excluding steroid dienone is 2. The number of methoxy groups -OCH3 is 1. The van der Waals surface area contributed by atoms with E-state index in [1.807, 2.05) is 0 Å². The third-order valence-electron chi connectivity index (χ3n) is 18.7. The Morgan fingerprint density at radius 2 is 1.66 bits per heavy atom. The van der Waals surface area contributed by atoms with E-state index in [2.05, 4.69) is 34.6 Å². The quantitative estimate of drug-likeness (QED) is 0.0849. The van der Waals surface area contributed by atoms with Gasteiger partial charge in [0.2, 0.25) is 0 Å². The molecule has 0 amide bonds. The Morgan fingerprint density at radius 1 is 0.871 bits per heavy atom. The highest BCUT2D eigenvalue weighted by molar-refractivity contribution is 5.89. The second-order valence-electron chi connectivity index (χ2n) is 22.5. The zero-order valence-corrected chi connectivity index (χ0v) is 38.5. The molecule has 6 aliphatic carbocycles. The largest absolute Gasteiger partial charge is 0.393 e. The Hall–Kier alpha value is -1.64. The Bertz CT molecular complexity index is 1580. The SMILES string of the molecule is COC1CC2CCC(=O)C3(C#CC(CCC(O)CC(C=CC4CCCCC4)C4CCNC(N)C4)C2CC1O)CCC(CCC1CC2CCC(=O)CC2NC12CCCCC2)CC3O. The summed E-state index contributed by atoms with van der Waals surface area (Å²) in [5, 5.41) is 42.8. The van der Waals surface area contributed by atoms with Crippen molar-refractivity contribution in [1.29, 1.82) is 0 Å². The highest BCUT2D eigenvalue weighted by atomic mass is 16.5. The Balaban J connectivity index is 0.953. The van der Waals surface area contributed by atoms with Crippen molar-refractivity contribution < 1.29 is 29.6 Å². The number of hydrogen-bond donors (Lipinski definition) is 6. The van der Waals surface area contributed by atoms with Gasteiger partial charge in [-0.15, -0.1) is 0 Å². The summed E-state index contributed by atoms with van der Waals surface area (Å²) in [5.41, 5.74) is 5.50. The molecule has 0 bridgehead atoms. The predicted molar refractivity (Wildman–Crippen MR) is 244 cm³/mol. The average molecular weight is 860 g/mol. The maximum atomic E-state index is 14.5. The van der Waals surface area contributed by atoms with Gasteiger partial charge in [-0.1, -0.05) is 68.9 Å². The number of nitrogens with one attached hydrogen (secondary N) is 2. The number of carbonyl (C=O) groups is 2. The normalized spacial score (nSPS) is 41.6. The Morgan fingerprint density at radius 3 is 2.44 bits per heavy atom. The van der Waals surface area contributed by atoms with Crippen LogP contribution in [0.5, 0.6) is 0 Å². The molecule has 2 spiro atoms. The van der Waals surface area contributed by atoms with Crippen molar-refractivity contribution in [2.75, 3.05) is 13.7 Å². The van der Waals surface area contributed by atoms with E-state index in [1.54, 1.807) is 7.11 Å². The first-order valence-electron chi connectivity index (χ1n) is 26.1. The fourth-order valence-electron chi connectivity index (χ4n) is 14.9. The molecule has 15 atom stereocenters. The van der Waals surface area contributed by atoms with Crippen LogP contribution >= 0.6 is 0 Å². The summed E-state index contributed by atoms with van der Waals surface area (Å²) < 4.78 is 5.78. The van der Waals surface area contributed by atoms with Gasteiger partial charge >= 0.3 is 0 Å². The van der Waals surface area contributed by atoms with Crippen LogP contribution in [0.1, 0.15) is 180 Å². The fourth-order valence-corrected chi connectivity index (χ4v) is 14.9. The van der Waals surface area contributed by atoms with E-state index in [0.29, 0.717) is 106 Å². The molecular formula is C53H85N3O6. The average Bonchev–Trinajstić information content (AvgIpc) is 3.32. The molecule has 5 saturated carbocycles. The lowest BCUT2D eigenvalue weighted by atomic mass is 9.60. The van der Waals surface area contributed by atoms with Crippen molar-refractivity contribution >= 4 is 11.6 Å². The smallest absolute Gasteiger partial charge is 0.153 e. The summed E-state index contributed by atoms with van der Waals surface area (Å²) in [4.78, 5) is 26.9. The summed E-state index contributed by atoms with van der Waals surface area (Å²) in [6.07, 6.45) is 30.0. The Kier molecular flexibility index (Phi) is 16.1. The van der Waals surface area contributed by atoms with Gasteiger partial charge in [-0.25, -0.2) is 0 Å². The molecule has 348 valence electrons. The van der Waals surface area contributed by atoms with Crippen LogP contribution in [0, 0.1) is 70.5 Å². The highest BCUT2D eigenvalue weighted by Gasteiger charge is 2.51. The van der Waals surface area contributed by atoms with Crippen molar-refractivity contribution in [2.45, 2.75) is 222 Å². The first-order chi connectivity index (χ1) is 30.0. The van der Waals surface area contributed by atoms with Crippen molar-refractivity contribution in [3.63, 3.8) is 0 Å². The number of piperidine rings is 2. The van der Waals surface area contributed by atoms with Gasteiger partial charge in [0.25, 0.3) is 0 Å². The first-order valence-corrected chi connectivity index (χ1v) is 26.1. The minimum atomic E-state index is -1.05. The summed E-state index contributed by atoms with van der Waals surface area (Å²) in [7, 11) is 1.68. The number of hydrogen-bond acceptors (Lipinski definition) is 9. The molecule has 15 unspecified atom stereocenters. The molecule has 9 heteroatoms. The predicted octanol–water partition coefficient (Wildman–Crippen LogP) is 7.92. The molecule has 0 radical (unpaired) electrons. The zero-order chi connectivity index (χ0) is 43.3. The molecule has 0 aromatic rings. The minimum absolute atomic E-state index is 0.00195. The lowest BCUT2D eigenvalue weighted by Gasteiger charge is -2.54. The molecule has 9 nitrogen and oxygen atoms in total. The molecule has 8 rings (SSSR count). The highest BCUT2D eigenvalue weighted by Crippen LogP contribution is 2.50. The monoisotopic (exact) mass is 860 g/mol.